The number of anilines is 1. The van der Waals surface area contributed by atoms with Gasteiger partial charge in [-0.1, -0.05) is 0 Å². The van der Waals surface area contributed by atoms with Crippen LogP contribution >= 0.6 is 11.3 Å². The Kier molecular flexibility index (Phi) is 3.60. The average Bonchev–Trinajstić information content (AvgIpc) is 2.89. The largest absolute Gasteiger partial charge is 0.477 e. The van der Waals surface area contributed by atoms with Crippen LogP contribution in [0.5, 0.6) is 0 Å². The monoisotopic (exact) mass is 290 g/mol. The van der Waals surface area contributed by atoms with Gasteiger partial charge in [-0.05, 0) is 30.7 Å². The SMILES string of the molecule is Cc1csc(C(=O)O)c1NS(=O)(=O)N1CCCC1. The third-order valence-corrected chi connectivity index (χ3v) is 5.40. The molecule has 0 radical (unpaired) electrons. The van der Waals surface area contributed by atoms with Crippen molar-refractivity contribution in [1.82, 2.24) is 4.31 Å². The van der Waals surface area contributed by atoms with Gasteiger partial charge in [0, 0.05) is 13.1 Å². The lowest BCUT2D eigenvalue weighted by Gasteiger charge is -2.17. The first-order valence-electron chi connectivity index (χ1n) is 5.51. The van der Waals surface area contributed by atoms with Crippen molar-refractivity contribution in [2.45, 2.75) is 19.8 Å². The van der Waals surface area contributed by atoms with E-state index in [1.54, 1.807) is 12.3 Å². The van der Waals surface area contributed by atoms with Gasteiger partial charge in [0.1, 0.15) is 4.88 Å². The number of nitrogens with zero attached hydrogens (tertiary/aromatic N) is 1. The zero-order valence-electron chi connectivity index (χ0n) is 9.84. The van der Waals surface area contributed by atoms with Crippen molar-refractivity contribution in [1.29, 1.82) is 0 Å². The van der Waals surface area contributed by atoms with E-state index >= 15 is 0 Å². The fourth-order valence-electron chi connectivity index (χ4n) is 1.85. The van der Waals surface area contributed by atoms with Gasteiger partial charge < -0.3 is 5.11 Å². The minimum atomic E-state index is -3.63. The second-order valence-corrected chi connectivity index (χ2v) is 6.69. The number of thiophene rings is 1. The number of aryl methyl sites for hydroxylation is 1. The number of carboxylic acid groups (broad SMARTS) is 1. The Morgan fingerprint density at radius 1 is 1.44 bits per heavy atom. The van der Waals surface area contributed by atoms with Gasteiger partial charge in [0.25, 0.3) is 0 Å². The third-order valence-electron chi connectivity index (χ3n) is 2.81. The number of nitrogens with one attached hydrogen (secondary N) is 1. The quantitative estimate of drug-likeness (QED) is 0.880. The summed E-state index contributed by atoms with van der Waals surface area (Å²) in [6.45, 7) is 2.66. The molecule has 1 aromatic rings. The Hall–Kier alpha value is -1.12. The lowest BCUT2D eigenvalue weighted by molar-refractivity contribution is 0.0703. The van der Waals surface area contributed by atoms with E-state index in [1.165, 1.54) is 4.31 Å². The second-order valence-electron chi connectivity index (χ2n) is 4.14. The molecule has 1 aliphatic heterocycles. The number of carbonyl (C=O) groups is 1. The molecule has 0 bridgehead atoms. The summed E-state index contributed by atoms with van der Waals surface area (Å²) >= 11 is 1.02. The van der Waals surface area contributed by atoms with Crippen molar-refractivity contribution in [2.24, 2.45) is 0 Å². The lowest BCUT2D eigenvalue weighted by atomic mass is 10.3. The van der Waals surface area contributed by atoms with E-state index in [2.05, 4.69) is 4.72 Å². The van der Waals surface area contributed by atoms with Gasteiger partial charge in [-0.2, -0.15) is 12.7 Å². The molecule has 2 rings (SSSR count). The van der Waals surface area contributed by atoms with Crippen LogP contribution in [-0.4, -0.2) is 36.9 Å². The predicted octanol–water partition coefficient (Wildman–Crippen LogP) is 1.51. The smallest absolute Gasteiger partial charge is 0.348 e. The Balaban J connectivity index is 2.28. The molecule has 0 spiro atoms. The van der Waals surface area contributed by atoms with E-state index in [0.29, 0.717) is 18.7 Å². The molecular weight excluding hydrogens is 276 g/mol. The lowest BCUT2D eigenvalue weighted by Crippen LogP contribution is -2.33. The molecule has 100 valence electrons. The van der Waals surface area contributed by atoms with Gasteiger partial charge in [-0.15, -0.1) is 11.3 Å². The van der Waals surface area contributed by atoms with Crippen molar-refractivity contribution in [3.05, 3.63) is 15.8 Å². The first-order valence-corrected chi connectivity index (χ1v) is 7.83. The standard InChI is InChI=1S/C10H14N2O4S2/c1-7-6-17-9(10(13)14)8(7)11-18(15,16)12-4-2-3-5-12/h6,11H,2-5H2,1H3,(H,13,14). The highest BCUT2D eigenvalue weighted by atomic mass is 32.2. The summed E-state index contributed by atoms with van der Waals surface area (Å²) < 4.78 is 27.8. The summed E-state index contributed by atoms with van der Waals surface area (Å²) in [6, 6.07) is 0. The molecule has 1 saturated heterocycles. The van der Waals surface area contributed by atoms with Crippen LogP contribution in [0, 0.1) is 6.92 Å². The van der Waals surface area contributed by atoms with Gasteiger partial charge in [-0.25, -0.2) is 4.79 Å². The van der Waals surface area contributed by atoms with E-state index < -0.39 is 16.2 Å². The summed E-state index contributed by atoms with van der Waals surface area (Å²) in [7, 11) is -3.63. The Bertz CT molecular complexity index is 558. The fourth-order valence-corrected chi connectivity index (χ4v) is 4.15. The molecule has 1 fully saturated rings. The molecule has 8 heteroatoms. The minimum Gasteiger partial charge on any atom is -0.477 e. The van der Waals surface area contributed by atoms with Crippen molar-refractivity contribution < 1.29 is 18.3 Å². The maximum atomic E-state index is 12.1. The highest BCUT2D eigenvalue weighted by Crippen LogP contribution is 2.29. The highest BCUT2D eigenvalue weighted by molar-refractivity contribution is 7.90. The van der Waals surface area contributed by atoms with Crippen molar-refractivity contribution >= 4 is 33.2 Å². The zero-order valence-corrected chi connectivity index (χ0v) is 11.5. The van der Waals surface area contributed by atoms with Gasteiger partial charge >= 0.3 is 16.2 Å². The molecule has 0 saturated carbocycles. The van der Waals surface area contributed by atoms with E-state index in [0.717, 1.165) is 24.2 Å². The molecule has 1 aromatic heterocycles. The summed E-state index contributed by atoms with van der Waals surface area (Å²) in [5.74, 6) is -1.12. The van der Waals surface area contributed by atoms with Crippen LogP contribution < -0.4 is 4.72 Å². The van der Waals surface area contributed by atoms with Crippen LogP contribution in [-0.2, 0) is 10.2 Å². The average molecular weight is 290 g/mol. The normalized spacial score (nSPS) is 16.9. The Morgan fingerprint density at radius 2 is 2.06 bits per heavy atom. The number of hydrogen-bond donors (Lipinski definition) is 2. The number of carboxylic acids is 1. The van der Waals surface area contributed by atoms with Gasteiger partial charge in [-0.3, -0.25) is 4.72 Å². The highest BCUT2D eigenvalue weighted by Gasteiger charge is 2.27. The summed E-state index contributed by atoms with van der Waals surface area (Å²) in [4.78, 5) is 11.0. The van der Waals surface area contributed by atoms with E-state index in [9.17, 15) is 13.2 Å². The molecule has 0 unspecified atom stereocenters. The number of aromatic carboxylic acids is 1. The van der Waals surface area contributed by atoms with Gasteiger partial charge in [0.2, 0.25) is 0 Å². The topological polar surface area (TPSA) is 86.7 Å². The molecule has 1 aliphatic rings. The number of rotatable bonds is 4. The maximum absolute atomic E-state index is 12.1. The van der Waals surface area contributed by atoms with E-state index in [1.807, 2.05) is 0 Å². The van der Waals surface area contributed by atoms with E-state index in [4.69, 9.17) is 5.11 Å². The van der Waals surface area contributed by atoms with Crippen LogP contribution in [0.1, 0.15) is 28.1 Å². The first-order chi connectivity index (χ1) is 8.42. The van der Waals surface area contributed by atoms with Crippen molar-refractivity contribution in [3.8, 4) is 0 Å². The fraction of sp³-hybridized carbons (Fsp3) is 0.500. The molecule has 2 heterocycles. The van der Waals surface area contributed by atoms with E-state index in [-0.39, 0.29) is 10.6 Å². The summed E-state index contributed by atoms with van der Waals surface area (Å²) in [6.07, 6.45) is 1.69. The van der Waals surface area contributed by atoms with Crippen LogP contribution in [0.2, 0.25) is 0 Å². The van der Waals surface area contributed by atoms with Crippen LogP contribution in [0.3, 0.4) is 0 Å². The second kappa shape index (κ2) is 4.87. The van der Waals surface area contributed by atoms with Gasteiger partial charge in [0.15, 0.2) is 0 Å². The zero-order chi connectivity index (χ0) is 13.3. The Labute approximate surface area is 109 Å². The van der Waals surface area contributed by atoms with Crippen molar-refractivity contribution in [3.63, 3.8) is 0 Å². The molecule has 2 N–H and O–H groups in total. The molecule has 0 atom stereocenters. The molecule has 0 aliphatic carbocycles. The van der Waals surface area contributed by atoms with Gasteiger partial charge in [0.05, 0.1) is 5.69 Å². The predicted molar refractivity (Wildman–Crippen MR) is 69.4 cm³/mol. The molecule has 6 nitrogen and oxygen atoms in total. The first kappa shape index (κ1) is 13.3. The summed E-state index contributed by atoms with van der Waals surface area (Å²) in [5.41, 5.74) is 0.805. The van der Waals surface area contributed by atoms with Crippen LogP contribution in [0.15, 0.2) is 5.38 Å². The molecule has 0 aromatic carbocycles. The molecular formula is C10H14N2O4S2. The molecule has 18 heavy (non-hydrogen) atoms. The summed E-state index contributed by atoms with van der Waals surface area (Å²) in [5, 5.41) is 10.6. The number of hydrogen-bond acceptors (Lipinski definition) is 4. The third kappa shape index (κ3) is 2.50. The minimum absolute atomic E-state index is 0.0234. The maximum Gasteiger partial charge on any atom is 0.348 e. The Morgan fingerprint density at radius 3 is 2.61 bits per heavy atom. The molecule has 0 amide bonds. The van der Waals surface area contributed by atoms with Crippen LogP contribution in [0.4, 0.5) is 5.69 Å². The van der Waals surface area contributed by atoms with Crippen molar-refractivity contribution in [2.75, 3.05) is 17.8 Å². The van der Waals surface area contributed by atoms with Crippen LogP contribution in [0.25, 0.3) is 0 Å².